The molecule has 4 aliphatic heterocycles. The second kappa shape index (κ2) is 31.5. The van der Waals surface area contributed by atoms with Crippen molar-refractivity contribution in [3.63, 3.8) is 0 Å². The number of aliphatic hydroxyl groups is 1. The van der Waals surface area contributed by atoms with Gasteiger partial charge in [0.05, 0.1) is 24.8 Å². The van der Waals surface area contributed by atoms with Crippen LogP contribution in [-0.2, 0) is 26.2 Å². The fraction of sp³-hybridized carbons (Fsp3) is 0.706. The first-order valence-electron chi connectivity index (χ1n) is 46.0. The van der Waals surface area contributed by atoms with Gasteiger partial charge in [-0.25, -0.2) is 9.69 Å². The third kappa shape index (κ3) is 13.6. The molecule has 118 heavy (non-hydrogen) atoms. The molecule has 20 unspecified atom stereocenters. The van der Waals surface area contributed by atoms with Crippen LogP contribution in [0.1, 0.15) is 357 Å². The number of hydrogen-bond donors (Lipinski definition) is 6. The molecule has 0 aromatic heterocycles. The normalized spacial score (nSPS) is 37.6. The molecular formula is C102H146N6O10. The summed E-state index contributed by atoms with van der Waals surface area (Å²) >= 11 is 0. The number of nitrogens with one attached hydrogen (secondary N) is 4. The van der Waals surface area contributed by atoms with Crippen LogP contribution in [0.3, 0.4) is 0 Å². The van der Waals surface area contributed by atoms with Gasteiger partial charge in [-0.3, -0.25) is 19.2 Å². The van der Waals surface area contributed by atoms with Crippen LogP contribution in [0.4, 0.5) is 11.4 Å². The first-order chi connectivity index (χ1) is 55.3. The van der Waals surface area contributed by atoms with Crippen molar-refractivity contribution in [2.75, 3.05) is 0 Å². The number of aliphatic hydroxyl groups excluding tert-OH is 1. The summed E-state index contributed by atoms with van der Waals surface area (Å²) in [5.74, 6) is 8.74. The van der Waals surface area contributed by atoms with Gasteiger partial charge in [-0.2, -0.15) is 0 Å². The molecule has 16 heteroatoms. The number of nitrogens with zero attached hydrogens (tertiary/aromatic N) is 2. The maximum absolute atomic E-state index is 12.4. The van der Waals surface area contributed by atoms with Gasteiger partial charge in [-0.05, 0) is 246 Å². The average molecular weight is 1620 g/mol. The molecule has 0 saturated heterocycles. The van der Waals surface area contributed by atoms with Crippen LogP contribution in [0.5, 0.6) is 28.7 Å². The van der Waals surface area contributed by atoms with Gasteiger partial charge in [-0.1, -0.05) is 159 Å². The maximum Gasteiger partial charge on any atom is 0.252 e. The minimum absolute atomic E-state index is 0.0375. The van der Waals surface area contributed by atoms with Gasteiger partial charge >= 0.3 is 0 Å². The molecule has 4 heterocycles. The molecule has 644 valence electrons. The predicted molar refractivity (Wildman–Crippen MR) is 470 cm³/mol. The fourth-order valence-electron chi connectivity index (χ4n) is 27.4. The van der Waals surface area contributed by atoms with Gasteiger partial charge in [-0.15, -0.1) is 0 Å². The first kappa shape index (κ1) is 88.5. The summed E-state index contributed by atoms with van der Waals surface area (Å²) < 4.78 is 28.7. The first-order valence-corrected chi connectivity index (χ1v) is 46.0. The number of carbonyl (C=O) groups excluding carboxylic acids is 4. The monoisotopic (exact) mass is 1620 g/mol. The van der Waals surface area contributed by atoms with Gasteiger partial charge in [0.25, 0.3) is 23.6 Å². The Bertz CT molecular complexity index is 4350. The van der Waals surface area contributed by atoms with Crippen LogP contribution in [0.15, 0.2) is 48.5 Å². The number of phenolic OH excluding ortho intramolecular Hbond substituents is 1. The van der Waals surface area contributed by atoms with E-state index in [1.807, 2.05) is 18.2 Å². The van der Waals surface area contributed by atoms with E-state index in [9.17, 15) is 29.4 Å². The highest BCUT2D eigenvalue weighted by atomic mass is 16.5. The predicted octanol–water partition coefficient (Wildman–Crippen LogP) is 23.7. The van der Waals surface area contributed by atoms with E-state index in [0.29, 0.717) is 131 Å². The minimum Gasteiger partial charge on any atom is -0.508 e. The van der Waals surface area contributed by atoms with Crippen LogP contribution < -0.4 is 40.2 Å². The number of ether oxygens (including phenoxy) is 4. The summed E-state index contributed by atoms with van der Waals surface area (Å²) in [4.78, 5) is 56.6. The number of aromatic hydroxyl groups is 1. The fourth-order valence-corrected chi connectivity index (χ4v) is 27.4. The van der Waals surface area contributed by atoms with Gasteiger partial charge in [0.15, 0.2) is 11.4 Å². The smallest absolute Gasteiger partial charge is 0.252 e. The van der Waals surface area contributed by atoms with E-state index in [4.69, 9.17) is 32.1 Å². The summed E-state index contributed by atoms with van der Waals surface area (Å²) in [6.07, 6.45) is 21.5. The number of rotatable bonds is 12. The Hall–Kier alpha value is -7.30. The van der Waals surface area contributed by atoms with Crippen LogP contribution in [0, 0.1) is 128 Å². The third-order valence-electron chi connectivity index (χ3n) is 37.9. The van der Waals surface area contributed by atoms with Gasteiger partial charge < -0.3 is 50.4 Å². The Morgan fingerprint density at radius 2 is 0.619 bits per heavy atom. The maximum atomic E-state index is 12.4. The minimum atomic E-state index is -0.442. The van der Waals surface area contributed by atoms with E-state index < -0.39 is 5.60 Å². The molecule has 0 radical (unpaired) electrons. The molecule has 8 fully saturated rings. The number of fused-ring (bicyclic) bond motifs is 8. The zero-order valence-electron chi connectivity index (χ0n) is 76.6. The lowest BCUT2D eigenvalue weighted by Crippen LogP contribution is -2.68. The molecule has 12 aliphatic rings. The summed E-state index contributed by atoms with van der Waals surface area (Å²) in [6, 6.07) is 14.5. The SMILES string of the molecule is CCC1(C)C(C)CCC2C(C)(C)C(C)CCC21Oc1cc(C)cc2c1CNC2=O.CCC1(C)C(C)CCC2C(C)(C)C(C)CCC21Oc1cc(O)cc2c1CNC2=O.[C-]#[N+]c1cc(OC23CCC(C)C(C)(C)C2CCC(C)C3(C)CC)c2c(c1)C(=O)NC2.[C-]#[N+]c1cc(OC23CCC(O)C(C)(C)C2CCC(C)C3(C)CC)c2c(c1)C(=O)NC2. The topological polar surface area (TPSA) is 202 Å². The molecule has 4 aromatic carbocycles. The van der Waals surface area contributed by atoms with Gasteiger partial charge in [0.1, 0.15) is 51.2 Å². The highest BCUT2D eigenvalue weighted by molar-refractivity contribution is 6.02. The van der Waals surface area contributed by atoms with Crippen molar-refractivity contribution >= 4 is 35.0 Å². The molecule has 6 N–H and O–H groups in total. The van der Waals surface area contributed by atoms with Crippen molar-refractivity contribution in [1.29, 1.82) is 0 Å². The molecule has 16 nitrogen and oxygen atoms in total. The quantitative estimate of drug-likeness (QED) is 0.0741. The number of aryl methyl sites for hydroxylation is 1. The summed E-state index contributed by atoms with van der Waals surface area (Å²) in [7, 11) is 0. The number of benzene rings is 4. The number of hydrogen-bond acceptors (Lipinski definition) is 10. The van der Waals surface area contributed by atoms with Gasteiger partial charge in [0.2, 0.25) is 0 Å². The molecular weight excluding hydrogens is 1470 g/mol. The van der Waals surface area contributed by atoms with E-state index in [-0.39, 0.29) is 102 Å². The van der Waals surface area contributed by atoms with Crippen molar-refractivity contribution in [2.45, 2.75) is 349 Å². The zero-order valence-corrected chi connectivity index (χ0v) is 76.6. The Kier molecular flexibility index (Phi) is 23.7. The van der Waals surface area contributed by atoms with Crippen LogP contribution in [-0.4, -0.2) is 62.3 Å². The molecule has 16 rings (SSSR count). The highest BCUT2D eigenvalue weighted by Crippen LogP contribution is 2.70. The van der Waals surface area contributed by atoms with Crippen LogP contribution in [0.2, 0.25) is 0 Å². The molecule has 0 bridgehead atoms. The molecule has 4 aromatic rings. The van der Waals surface area contributed by atoms with Crippen molar-refractivity contribution in [3.05, 3.63) is 121 Å². The second-order valence-corrected chi connectivity index (χ2v) is 43.0. The van der Waals surface area contributed by atoms with Crippen molar-refractivity contribution in [3.8, 4) is 28.7 Å². The third-order valence-corrected chi connectivity index (χ3v) is 37.9. The summed E-state index contributed by atoms with van der Waals surface area (Å²) in [5, 5.41) is 33.0. The van der Waals surface area contributed by atoms with Crippen LogP contribution in [0.25, 0.3) is 9.69 Å². The lowest BCUT2D eigenvalue weighted by atomic mass is 9.43. The van der Waals surface area contributed by atoms with E-state index in [2.05, 4.69) is 203 Å². The van der Waals surface area contributed by atoms with Crippen molar-refractivity contribution in [2.24, 2.45) is 108 Å². The number of carbonyl (C=O) groups is 4. The summed E-state index contributed by atoms with van der Waals surface area (Å²) in [5.41, 5.74) is 7.60. The summed E-state index contributed by atoms with van der Waals surface area (Å²) in [6.45, 7) is 73.7. The van der Waals surface area contributed by atoms with E-state index in [1.165, 1.54) is 44.9 Å². The Morgan fingerprint density at radius 3 is 0.915 bits per heavy atom. The van der Waals surface area contributed by atoms with E-state index >= 15 is 0 Å². The standard InChI is InChI=1S/C26H36N2O2.C26H39NO2.C25H34N2O3.C25H37NO3/c1-8-25(6)17(3)9-10-22-24(4,5)16(2)11-12-26(22,25)30-21-14-18(27-7)13-19-20(21)15-28-23(19)29;1-8-25(7)18(4)9-10-22-24(5,6)17(3)11-12-26(22,25)29-21-14-16(2)13-19-20(21)15-27-23(19)28;1-7-24(5)15(2)8-9-20-23(3,4)21(28)10-11-25(20,24)30-19-13-16(26-6)12-17-18(19)14-27-22(17)29;1-7-24(6)16(3)8-9-21-23(4,5)15(2)10-11-25(21,24)29-20-13-17(27)12-18-19(20)14-26-22(18)28/h13-14,16-17,22H,8-12,15H2,1-6H3,(H,28,29);13-14,17-18,22H,8-12,15H2,1-7H3,(H,27,28);12-13,15,20-21,28H,7-11,14H2,1-5H3,(H,27,29);12-13,15-16,21,27H,7-11,14H2,1-6H3,(H,26,28). The Balaban J connectivity index is 0.000000136. The molecule has 8 aliphatic carbocycles. The second-order valence-electron chi connectivity index (χ2n) is 43.0. The molecule has 20 atom stereocenters. The van der Waals surface area contributed by atoms with E-state index in [0.717, 1.165) is 122 Å². The number of phenols is 1. The van der Waals surface area contributed by atoms with Crippen molar-refractivity contribution < 1.29 is 48.3 Å². The Morgan fingerprint density at radius 1 is 0.356 bits per heavy atom. The lowest BCUT2D eigenvalue weighted by molar-refractivity contribution is -0.227. The average Bonchev–Trinajstić information content (AvgIpc) is 1.42. The molecule has 8 saturated carbocycles. The Labute approximate surface area is 708 Å². The zero-order chi connectivity index (χ0) is 86.2. The van der Waals surface area contributed by atoms with Crippen LogP contribution >= 0.6 is 0 Å². The van der Waals surface area contributed by atoms with E-state index in [1.54, 1.807) is 24.3 Å². The number of amides is 4. The molecule has 0 spiro atoms. The molecule has 4 amide bonds. The largest absolute Gasteiger partial charge is 0.508 e. The van der Waals surface area contributed by atoms with Crippen molar-refractivity contribution in [1.82, 2.24) is 21.3 Å². The lowest BCUT2D eigenvalue weighted by Gasteiger charge is -2.65. The van der Waals surface area contributed by atoms with Gasteiger partial charge in [0, 0.05) is 117 Å². The highest BCUT2D eigenvalue weighted by Gasteiger charge is 2.70.